The van der Waals surface area contributed by atoms with E-state index in [9.17, 15) is 9.59 Å². The van der Waals surface area contributed by atoms with Crippen LogP contribution in [0.3, 0.4) is 0 Å². The fourth-order valence-electron chi connectivity index (χ4n) is 3.14. The Morgan fingerprint density at radius 1 is 1.03 bits per heavy atom. The topological polar surface area (TPSA) is 67.9 Å². The second kappa shape index (κ2) is 9.63. The zero-order valence-electron chi connectivity index (χ0n) is 20.5. The van der Waals surface area contributed by atoms with Gasteiger partial charge in [-0.3, -0.25) is 4.79 Å². The van der Waals surface area contributed by atoms with Crippen molar-refractivity contribution >= 4 is 20.3 Å². The molecule has 7 heteroatoms. The van der Waals surface area contributed by atoms with Gasteiger partial charge in [-0.2, -0.15) is 0 Å². The highest BCUT2D eigenvalue weighted by Crippen LogP contribution is 2.37. The molecule has 1 N–H and O–H groups in total. The highest BCUT2D eigenvalue weighted by atomic mass is 28.4. The number of benzene rings is 1. The van der Waals surface area contributed by atoms with E-state index in [0.29, 0.717) is 18.7 Å². The SMILES string of the molecule is CC(C)(C)OC(=O)N1CCCC[C@@H](NC(=O)c2ccc(O[Si](C)(C)C(C)(C)C)cc2)C1. The van der Waals surface area contributed by atoms with Crippen molar-refractivity contribution in [3.05, 3.63) is 29.8 Å². The van der Waals surface area contributed by atoms with Crippen molar-refractivity contribution in [1.29, 1.82) is 0 Å². The second-order valence-corrected chi connectivity index (χ2v) is 15.7. The summed E-state index contributed by atoms with van der Waals surface area (Å²) in [6, 6.07) is 7.26. The predicted octanol–water partition coefficient (Wildman–Crippen LogP) is 5.59. The summed E-state index contributed by atoms with van der Waals surface area (Å²) in [5, 5.41) is 3.21. The minimum atomic E-state index is -1.92. The lowest BCUT2D eigenvalue weighted by atomic mass is 10.1. The van der Waals surface area contributed by atoms with Gasteiger partial charge in [0.15, 0.2) is 0 Å². The molecule has 1 fully saturated rings. The van der Waals surface area contributed by atoms with Crippen LogP contribution in [-0.4, -0.2) is 50.0 Å². The van der Waals surface area contributed by atoms with Gasteiger partial charge in [-0.1, -0.05) is 20.8 Å². The van der Waals surface area contributed by atoms with E-state index in [0.717, 1.165) is 25.0 Å². The van der Waals surface area contributed by atoms with Gasteiger partial charge in [0, 0.05) is 24.7 Å². The third-order valence-corrected chi connectivity index (χ3v) is 10.3. The van der Waals surface area contributed by atoms with Crippen LogP contribution in [0.15, 0.2) is 24.3 Å². The number of nitrogens with zero attached hydrogens (tertiary/aromatic N) is 1. The van der Waals surface area contributed by atoms with E-state index >= 15 is 0 Å². The molecule has 1 aliphatic rings. The molecule has 2 amide bonds. The summed E-state index contributed by atoms with van der Waals surface area (Å²) in [5.74, 6) is 0.670. The van der Waals surface area contributed by atoms with Gasteiger partial charge in [-0.05, 0) is 82.4 Å². The average Bonchev–Trinajstić information content (AvgIpc) is 2.85. The van der Waals surface area contributed by atoms with Gasteiger partial charge in [0.1, 0.15) is 11.4 Å². The van der Waals surface area contributed by atoms with Gasteiger partial charge in [-0.25, -0.2) is 4.79 Å². The van der Waals surface area contributed by atoms with Crippen LogP contribution in [0.1, 0.15) is 71.2 Å². The lowest BCUT2D eigenvalue weighted by Gasteiger charge is -2.36. The van der Waals surface area contributed by atoms with Crippen LogP contribution >= 0.6 is 0 Å². The maximum absolute atomic E-state index is 12.8. The first-order chi connectivity index (χ1) is 14.2. The number of amides is 2. The van der Waals surface area contributed by atoms with Crippen molar-refractivity contribution in [2.24, 2.45) is 0 Å². The number of nitrogens with one attached hydrogen (secondary N) is 1. The molecule has 1 aromatic carbocycles. The first-order valence-electron chi connectivity index (χ1n) is 11.3. The lowest BCUT2D eigenvalue weighted by molar-refractivity contribution is 0.0242. The van der Waals surface area contributed by atoms with Crippen LogP contribution in [0.5, 0.6) is 5.75 Å². The Balaban J connectivity index is 1.99. The van der Waals surface area contributed by atoms with Gasteiger partial charge in [-0.15, -0.1) is 0 Å². The summed E-state index contributed by atoms with van der Waals surface area (Å²) in [6.45, 7) is 17.7. The maximum Gasteiger partial charge on any atom is 0.410 e. The van der Waals surface area contributed by atoms with Crippen molar-refractivity contribution < 1.29 is 18.8 Å². The summed E-state index contributed by atoms with van der Waals surface area (Å²) < 4.78 is 11.8. The molecule has 1 aromatic rings. The molecule has 0 radical (unpaired) electrons. The second-order valence-electron chi connectivity index (χ2n) is 11.0. The van der Waals surface area contributed by atoms with Gasteiger partial charge >= 0.3 is 6.09 Å². The normalized spacial score (nSPS) is 18.2. The Kier molecular flexibility index (Phi) is 7.84. The van der Waals surface area contributed by atoms with E-state index in [4.69, 9.17) is 9.16 Å². The molecule has 6 nitrogen and oxygen atoms in total. The van der Waals surface area contributed by atoms with Crippen LogP contribution < -0.4 is 9.74 Å². The number of carbonyl (C=O) groups excluding carboxylic acids is 2. The Morgan fingerprint density at radius 3 is 2.19 bits per heavy atom. The molecule has 1 saturated heterocycles. The molecular weight excluding hydrogens is 408 g/mol. The van der Waals surface area contributed by atoms with Crippen LogP contribution in [0.4, 0.5) is 4.79 Å². The molecule has 2 rings (SSSR count). The van der Waals surface area contributed by atoms with Gasteiger partial charge in [0.25, 0.3) is 5.91 Å². The molecule has 1 aliphatic heterocycles. The number of ether oxygens (including phenoxy) is 1. The molecule has 0 spiro atoms. The predicted molar refractivity (Wildman–Crippen MR) is 127 cm³/mol. The summed E-state index contributed by atoms with van der Waals surface area (Å²) in [4.78, 5) is 27.0. The molecule has 0 aromatic heterocycles. The Bertz CT molecular complexity index is 763. The monoisotopic (exact) mass is 448 g/mol. The number of hydrogen-bond donors (Lipinski definition) is 1. The number of rotatable bonds is 4. The van der Waals surface area contributed by atoms with E-state index in [1.54, 1.807) is 17.0 Å². The Labute approximate surface area is 188 Å². The molecular formula is C24H40N2O4Si. The van der Waals surface area contributed by atoms with E-state index in [-0.39, 0.29) is 23.1 Å². The number of hydrogen-bond acceptors (Lipinski definition) is 4. The summed E-state index contributed by atoms with van der Waals surface area (Å²) in [7, 11) is -1.92. The summed E-state index contributed by atoms with van der Waals surface area (Å²) in [5.41, 5.74) is 0.0618. The Morgan fingerprint density at radius 2 is 1.65 bits per heavy atom. The third kappa shape index (κ3) is 7.56. The van der Waals surface area contributed by atoms with E-state index in [1.165, 1.54) is 0 Å². The standard InChI is InChI=1S/C24H40N2O4Si/c1-23(2,3)29-22(28)26-16-10-9-11-19(17-26)25-21(27)18-12-14-20(15-13-18)30-31(7,8)24(4,5)6/h12-15,19H,9-11,16-17H2,1-8H3,(H,25,27)/t19-/m1/s1. The molecule has 0 unspecified atom stereocenters. The maximum atomic E-state index is 12.8. The summed E-state index contributed by atoms with van der Waals surface area (Å²) in [6.07, 6.45) is 2.40. The van der Waals surface area contributed by atoms with Crippen LogP contribution in [-0.2, 0) is 4.74 Å². The fourth-order valence-corrected chi connectivity index (χ4v) is 4.17. The zero-order chi connectivity index (χ0) is 23.4. The van der Waals surface area contributed by atoms with E-state index in [2.05, 4.69) is 39.2 Å². The Hall–Kier alpha value is -2.02. The first-order valence-corrected chi connectivity index (χ1v) is 14.2. The third-order valence-electron chi connectivity index (χ3n) is 5.95. The van der Waals surface area contributed by atoms with Crippen LogP contribution in [0.2, 0.25) is 18.1 Å². The summed E-state index contributed by atoms with van der Waals surface area (Å²) >= 11 is 0. The highest BCUT2D eigenvalue weighted by molar-refractivity contribution is 6.74. The molecule has 1 atom stereocenters. The fraction of sp³-hybridized carbons (Fsp3) is 0.667. The van der Waals surface area contributed by atoms with Gasteiger partial charge in [0.2, 0.25) is 8.32 Å². The molecule has 0 aliphatic carbocycles. The molecule has 174 valence electrons. The number of carbonyl (C=O) groups is 2. The van der Waals surface area contributed by atoms with Crippen molar-refractivity contribution in [3.63, 3.8) is 0 Å². The minimum Gasteiger partial charge on any atom is -0.544 e. The first kappa shape index (κ1) is 25.2. The highest BCUT2D eigenvalue weighted by Gasteiger charge is 2.39. The van der Waals surface area contributed by atoms with Crippen molar-refractivity contribution in [1.82, 2.24) is 10.2 Å². The lowest BCUT2D eigenvalue weighted by Crippen LogP contribution is -2.46. The zero-order valence-corrected chi connectivity index (χ0v) is 21.5. The van der Waals surface area contributed by atoms with Crippen molar-refractivity contribution in [2.45, 2.75) is 90.6 Å². The van der Waals surface area contributed by atoms with Crippen molar-refractivity contribution in [2.75, 3.05) is 13.1 Å². The van der Waals surface area contributed by atoms with Crippen LogP contribution in [0, 0.1) is 0 Å². The number of likely N-dealkylation sites (tertiary alicyclic amines) is 1. The van der Waals surface area contributed by atoms with Gasteiger partial charge < -0.3 is 19.4 Å². The largest absolute Gasteiger partial charge is 0.544 e. The molecule has 0 saturated carbocycles. The molecule has 0 bridgehead atoms. The van der Waals surface area contributed by atoms with Crippen LogP contribution in [0.25, 0.3) is 0 Å². The van der Waals surface area contributed by atoms with E-state index in [1.807, 2.05) is 32.9 Å². The quantitative estimate of drug-likeness (QED) is 0.610. The smallest absolute Gasteiger partial charge is 0.410 e. The molecule has 31 heavy (non-hydrogen) atoms. The van der Waals surface area contributed by atoms with E-state index < -0.39 is 13.9 Å². The minimum absolute atomic E-state index is 0.0920. The molecule has 1 heterocycles. The average molecular weight is 449 g/mol. The van der Waals surface area contributed by atoms with Crippen molar-refractivity contribution in [3.8, 4) is 5.75 Å². The van der Waals surface area contributed by atoms with Gasteiger partial charge in [0.05, 0.1) is 0 Å².